The minimum absolute atomic E-state index is 0.0429. The number of aryl methyl sites for hydroxylation is 2. The number of carbonyl (C=O) groups is 1. The summed E-state index contributed by atoms with van der Waals surface area (Å²) in [5, 5.41) is 12.4. The lowest BCUT2D eigenvalue weighted by atomic mass is 10.1. The molecule has 0 atom stereocenters. The molecule has 0 aliphatic carbocycles. The SMILES string of the molecule is CCOc1cccc(NC(=O)C(C#N)=Cc2cc(C)n(-c3cccc(C)c3)c2C)c1. The molecular weight excluding hydrogens is 374 g/mol. The summed E-state index contributed by atoms with van der Waals surface area (Å²) in [7, 11) is 0. The topological polar surface area (TPSA) is 67.0 Å². The van der Waals surface area contributed by atoms with Crippen molar-refractivity contribution in [1.82, 2.24) is 4.57 Å². The number of carbonyl (C=O) groups excluding carboxylic acids is 1. The van der Waals surface area contributed by atoms with Crippen LogP contribution in [0.25, 0.3) is 11.8 Å². The lowest BCUT2D eigenvalue weighted by molar-refractivity contribution is -0.112. The molecule has 1 heterocycles. The normalized spacial score (nSPS) is 11.1. The number of ether oxygens (including phenoxy) is 1. The lowest BCUT2D eigenvalue weighted by Crippen LogP contribution is -2.13. The second-order valence-corrected chi connectivity index (χ2v) is 7.09. The van der Waals surface area contributed by atoms with Crippen LogP contribution < -0.4 is 10.1 Å². The first-order chi connectivity index (χ1) is 14.4. The molecule has 0 bridgehead atoms. The average molecular weight is 399 g/mol. The van der Waals surface area contributed by atoms with E-state index in [4.69, 9.17) is 4.74 Å². The Morgan fingerprint density at radius 2 is 1.90 bits per heavy atom. The zero-order valence-electron chi connectivity index (χ0n) is 17.7. The summed E-state index contributed by atoms with van der Waals surface area (Å²) in [5.41, 5.74) is 5.69. The van der Waals surface area contributed by atoms with Gasteiger partial charge in [0.2, 0.25) is 0 Å². The molecule has 0 saturated heterocycles. The molecule has 30 heavy (non-hydrogen) atoms. The lowest BCUT2D eigenvalue weighted by Gasteiger charge is -2.10. The van der Waals surface area contributed by atoms with Gasteiger partial charge in [-0.1, -0.05) is 18.2 Å². The number of rotatable bonds is 6. The molecule has 3 aromatic rings. The molecule has 2 aromatic carbocycles. The van der Waals surface area contributed by atoms with Crippen molar-refractivity contribution in [3.8, 4) is 17.5 Å². The van der Waals surface area contributed by atoms with E-state index in [-0.39, 0.29) is 5.57 Å². The minimum atomic E-state index is -0.452. The van der Waals surface area contributed by atoms with Crippen molar-refractivity contribution < 1.29 is 9.53 Å². The van der Waals surface area contributed by atoms with Gasteiger partial charge in [0.15, 0.2) is 0 Å². The molecule has 0 fully saturated rings. The molecular formula is C25H25N3O2. The number of anilines is 1. The van der Waals surface area contributed by atoms with Gasteiger partial charge in [0.05, 0.1) is 6.61 Å². The number of amides is 1. The third-order valence-corrected chi connectivity index (χ3v) is 4.80. The Hall–Kier alpha value is -3.78. The highest BCUT2D eigenvalue weighted by molar-refractivity contribution is 6.09. The third kappa shape index (κ3) is 4.61. The molecule has 0 unspecified atom stereocenters. The predicted octanol–water partition coefficient (Wildman–Crippen LogP) is 5.35. The summed E-state index contributed by atoms with van der Waals surface area (Å²) >= 11 is 0. The van der Waals surface area contributed by atoms with E-state index in [1.54, 1.807) is 24.3 Å². The maximum absolute atomic E-state index is 12.7. The second-order valence-electron chi connectivity index (χ2n) is 7.09. The number of benzene rings is 2. The van der Waals surface area contributed by atoms with Crippen LogP contribution in [0.3, 0.4) is 0 Å². The van der Waals surface area contributed by atoms with E-state index in [0.29, 0.717) is 18.0 Å². The summed E-state index contributed by atoms with van der Waals surface area (Å²) in [6.07, 6.45) is 1.64. The van der Waals surface area contributed by atoms with E-state index in [9.17, 15) is 10.1 Å². The molecule has 0 aliphatic rings. The Morgan fingerprint density at radius 3 is 2.60 bits per heavy atom. The zero-order chi connectivity index (χ0) is 21.7. The van der Waals surface area contributed by atoms with Gasteiger partial charge in [0, 0.05) is 28.8 Å². The number of hydrogen-bond donors (Lipinski definition) is 1. The van der Waals surface area contributed by atoms with Crippen molar-refractivity contribution in [2.75, 3.05) is 11.9 Å². The first-order valence-electron chi connectivity index (χ1n) is 9.85. The van der Waals surface area contributed by atoms with Crippen LogP contribution in [0.5, 0.6) is 5.75 Å². The summed E-state index contributed by atoms with van der Waals surface area (Å²) in [6, 6.07) is 19.3. The van der Waals surface area contributed by atoms with Crippen LogP contribution in [-0.4, -0.2) is 17.1 Å². The Balaban J connectivity index is 1.89. The van der Waals surface area contributed by atoms with Crippen molar-refractivity contribution in [3.05, 3.63) is 82.7 Å². The van der Waals surface area contributed by atoms with Crippen LogP contribution in [-0.2, 0) is 4.79 Å². The zero-order valence-corrected chi connectivity index (χ0v) is 17.7. The van der Waals surface area contributed by atoms with Crippen LogP contribution in [0.2, 0.25) is 0 Å². The van der Waals surface area contributed by atoms with Crippen molar-refractivity contribution in [1.29, 1.82) is 5.26 Å². The van der Waals surface area contributed by atoms with Crippen molar-refractivity contribution in [3.63, 3.8) is 0 Å². The van der Waals surface area contributed by atoms with E-state index in [1.165, 1.54) is 5.56 Å². The maximum Gasteiger partial charge on any atom is 0.266 e. The van der Waals surface area contributed by atoms with Gasteiger partial charge in [-0.25, -0.2) is 0 Å². The Morgan fingerprint density at radius 1 is 1.13 bits per heavy atom. The van der Waals surface area contributed by atoms with Crippen LogP contribution in [0.15, 0.2) is 60.2 Å². The summed E-state index contributed by atoms with van der Waals surface area (Å²) < 4.78 is 7.58. The first-order valence-corrected chi connectivity index (χ1v) is 9.85. The second kappa shape index (κ2) is 9.15. The molecule has 5 heteroatoms. The number of nitriles is 1. The summed E-state index contributed by atoms with van der Waals surface area (Å²) in [6.45, 7) is 8.49. The van der Waals surface area contributed by atoms with Gasteiger partial charge >= 0.3 is 0 Å². The molecule has 5 nitrogen and oxygen atoms in total. The summed E-state index contributed by atoms with van der Waals surface area (Å²) in [4.78, 5) is 12.7. The highest BCUT2D eigenvalue weighted by Crippen LogP contribution is 2.24. The van der Waals surface area contributed by atoms with Crippen molar-refractivity contribution in [2.45, 2.75) is 27.7 Å². The first kappa shape index (κ1) is 20.9. The largest absolute Gasteiger partial charge is 0.494 e. The summed E-state index contributed by atoms with van der Waals surface area (Å²) in [5.74, 6) is 0.214. The van der Waals surface area contributed by atoms with E-state index in [2.05, 4.69) is 28.9 Å². The number of nitrogens with one attached hydrogen (secondary N) is 1. The van der Waals surface area contributed by atoms with Gasteiger partial charge in [-0.3, -0.25) is 4.79 Å². The number of aromatic nitrogens is 1. The van der Waals surface area contributed by atoms with Gasteiger partial charge in [0.25, 0.3) is 5.91 Å². The molecule has 152 valence electrons. The van der Waals surface area contributed by atoms with Crippen LogP contribution in [0.4, 0.5) is 5.69 Å². The molecule has 0 spiro atoms. The van der Waals surface area contributed by atoms with Crippen LogP contribution in [0, 0.1) is 32.1 Å². The van der Waals surface area contributed by atoms with E-state index in [0.717, 1.165) is 22.6 Å². The standard InChI is InChI=1S/C25H25N3O2/c1-5-30-24-11-7-9-22(15-24)27-25(29)21(16-26)14-20-13-18(3)28(19(20)4)23-10-6-8-17(2)12-23/h6-15H,5H2,1-4H3,(H,27,29). The fourth-order valence-electron chi connectivity index (χ4n) is 3.43. The average Bonchev–Trinajstić information content (AvgIpc) is 2.99. The minimum Gasteiger partial charge on any atom is -0.494 e. The van der Waals surface area contributed by atoms with Crippen LogP contribution in [0.1, 0.15) is 29.4 Å². The fourth-order valence-corrected chi connectivity index (χ4v) is 3.43. The van der Waals surface area contributed by atoms with E-state index >= 15 is 0 Å². The molecule has 1 aromatic heterocycles. The molecule has 0 aliphatic heterocycles. The number of hydrogen-bond acceptors (Lipinski definition) is 3. The Labute approximate surface area is 177 Å². The predicted molar refractivity (Wildman–Crippen MR) is 120 cm³/mol. The quantitative estimate of drug-likeness (QED) is 0.449. The van der Waals surface area contributed by atoms with Crippen molar-refractivity contribution in [2.24, 2.45) is 0 Å². The smallest absolute Gasteiger partial charge is 0.266 e. The third-order valence-electron chi connectivity index (χ3n) is 4.80. The van der Waals surface area contributed by atoms with Gasteiger partial charge in [-0.2, -0.15) is 5.26 Å². The fraction of sp³-hybridized carbons (Fsp3) is 0.200. The molecule has 0 saturated carbocycles. The molecule has 3 rings (SSSR count). The highest BCUT2D eigenvalue weighted by Gasteiger charge is 2.14. The van der Waals surface area contributed by atoms with Crippen LogP contribution >= 0.6 is 0 Å². The van der Waals surface area contributed by atoms with E-state index < -0.39 is 5.91 Å². The monoisotopic (exact) mass is 399 g/mol. The number of nitrogens with zero attached hydrogens (tertiary/aromatic N) is 2. The molecule has 1 amide bonds. The Kier molecular flexibility index (Phi) is 6.38. The highest BCUT2D eigenvalue weighted by atomic mass is 16.5. The molecule has 0 radical (unpaired) electrons. The van der Waals surface area contributed by atoms with Gasteiger partial charge in [0.1, 0.15) is 17.4 Å². The molecule has 1 N–H and O–H groups in total. The van der Waals surface area contributed by atoms with Gasteiger partial charge in [-0.05, 0) is 75.2 Å². The van der Waals surface area contributed by atoms with Gasteiger partial charge in [-0.15, -0.1) is 0 Å². The maximum atomic E-state index is 12.7. The van der Waals surface area contributed by atoms with Crippen molar-refractivity contribution >= 4 is 17.7 Å². The van der Waals surface area contributed by atoms with E-state index in [1.807, 2.05) is 51.1 Å². The van der Waals surface area contributed by atoms with Gasteiger partial charge < -0.3 is 14.6 Å². The Bertz CT molecular complexity index is 1150.